The Hall–Kier alpha value is -4.31. The van der Waals surface area contributed by atoms with Crippen LogP contribution in [0.5, 0.6) is 5.75 Å². The highest BCUT2D eigenvalue weighted by atomic mass is 16.5. The van der Waals surface area contributed by atoms with Gasteiger partial charge in [-0.2, -0.15) is 15.2 Å². The standard InChI is InChI=1S/C25H26N8O2/c1-14-9-17-19(5-4-6-20(17)32-31-14)28-24-18(23(26)34)12-27-25(30-24)29-21-10-16-13-33(2)8-7-15(16)11-22(21)35-3/h4-6,9-12H,7-8,13H2,1-3H3,(H2,26,34)(H2,27,28,29,30). The molecule has 1 aliphatic heterocycles. The Kier molecular flexibility index (Phi) is 5.87. The highest BCUT2D eigenvalue weighted by molar-refractivity contribution is 6.00. The number of ether oxygens (including phenoxy) is 1. The molecule has 0 unspecified atom stereocenters. The number of aromatic nitrogens is 4. The zero-order valence-electron chi connectivity index (χ0n) is 19.8. The summed E-state index contributed by atoms with van der Waals surface area (Å²) in [7, 11) is 3.74. The summed E-state index contributed by atoms with van der Waals surface area (Å²) in [5, 5.41) is 15.7. The van der Waals surface area contributed by atoms with E-state index in [9.17, 15) is 4.79 Å². The van der Waals surface area contributed by atoms with Gasteiger partial charge in [-0.3, -0.25) is 4.79 Å². The van der Waals surface area contributed by atoms with Gasteiger partial charge in [0.2, 0.25) is 5.95 Å². The molecule has 0 atom stereocenters. The summed E-state index contributed by atoms with van der Waals surface area (Å²) in [6.45, 7) is 3.73. The van der Waals surface area contributed by atoms with Crippen LogP contribution < -0.4 is 21.1 Å². The number of benzene rings is 2. The molecule has 3 heterocycles. The Morgan fingerprint density at radius 3 is 2.77 bits per heavy atom. The number of methoxy groups -OCH3 is 1. The third kappa shape index (κ3) is 4.56. The summed E-state index contributed by atoms with van der Waals surface area (Å²) < 4.78 is 5.62. The van der Waals surface area contributed by atoms with E-state index in [1.165, 1.54) is 17.3 Å². The molecule has 4 aromatic rings. The predicted molar refractivity (Wildman–Crippen MR) is 134 cm³/mol. The molecule has 1 aliphatic rings. The summed E-state index contributed by atoms with van der Waals surface area (Å²) in [6.07, 6.45) is 2.38. The minimum Gasteiger partial charge on any atom is -0.495 e. The van der Waals surface area contributed by atoms with E-state index in [2.05, 4.69) is 54.9 Å². The first-order valence-electron chi connectivity index (χ1n) is 11.2. The first-order valence-corrected chi connectivity index (χ1v) is 11.2. The molecule has 0 aliphatic carbocycles. The molecule has 1 amide bonds. The summed E-state index contributed by atoms with van der Waals surface area (Å²) >= 11 is 0. The number of primary amides is 1. The fraction of sp³-hybridized carbons (Fsp3) is 0.240. The van der Waals surface area contributed by atoms with Gasteiger partial charge in [-0.25, -0.2) is 4.98 Å². The van der Waals surface area contributed by atoms with Gasteiger partial charge < -0.3 is 26.0 Å². The van der Waals surface area contributed by atoms with E-state index in [0.717, 1.165) is 47.5 Å². The normalized spacial score (nSPS) is 13.3. The maximum Gasteiger partial charge on any atom is 0.254 e. The van der Waals surface area contributed by atoms with Gasteiger partial charge in [-0.05, 0) is 61.9 Å². The number of carbonyl (C=O) groups excluding carboxylic acids is 1. The fourth-order valence-electron chi connectivity index (χ4n) is 4.23. The third-order valence-corrected chi connectivity index (χ3v) is 6.03. The number of carbonyl (C=O) groups is 1. The summed E-state index contributed by atoms with van der Waals surface area (Å²) in [6, 6.07) is 11.6. The molecule has 0 saturated carbocycles. The molecule has 178 valence electrons. The lowest BCUT2D eigenvalue weighted by atomic mass is 9.99. The lowest BCUT2D eigenvalue weighted by molar-refractivity contribution is 0.100. The van der Waals surface area contributed by atoms with E-state index >= 15 is 0 Å². The van der Waals surface area contributed by atoms with Crippen molar-refractivity contribution in [3.05, 3.63) is 65.0 Å². The minimum absolute atomic E-state index is 0.172. The Morgan fingerprint density at radius 1 is 1.11 bits per heavy atom. The molecule has 2 aromatic carbocycles. The number of nitrogens with one attached hydrogen (secondary N) is 2. The molecule has 0 bridgehead atoms. The first kappa shape index (κ1) is 22.5. The molecule has 4 N–H and O–H groups in total. The van der Waals surface area contributed by atoms with Gasteiger partial charge in [0.1, 0.15) is 17.1 Å². The van der Waals surface area contributed by atoms with Gasteiger partial charge in [0.15, 0.2) is 0 Å². The van der Waals surface area contributed by atoms with Crippen LogP contribution in [-0.2, 0) is 13.0 Å². The van der Waals surface area contributed by atoms with Crippen LogP contribution in [0.3, 0.4) is 0 Å². The van der Waals surface area contributed by atoms with Crippen molar-refractivity contribution < 1.29 is 9.53 Å². The van der Waals surface area contributed by atoms with Gasteiger partial charge >= 0.3 is 0 Å². The molecule has 0 spiro atoms. The van der Waals surface area contributed by atoms with Crippen molar-refractivity contribution in [1.82, 2.24) is 25.1 Å². The molecule has 0 radical (unpaired) electrons. The number of hydrogen-bond donors (Lipinski definition) is 3. The Bertz CT molecular complexity index is 1440. The zero-order chi connectivity index (χ0) is 24.5. The molecule has 5 rings (SSSR count). The highest BCUT2D eigenvalue weighted by Gasteiger charge is 2.19. The molecule has 0 fully saturated rings. The number of hydrogen-bond acceptors (Lipinski definition) is 9. The van der Waals surface area contributed by atoms with Gasteiger partial charge in [-0.1, -0.05) is 6.07 Å². The van der Waals surface area contributed by atoms with E-state index in [1.54, 1.807) is 7.11 Å². The number of anilines is 4. The molecule has 2 aromatic heterocycles. The van der Waals surface area contributed by atoms with Gasteiger partial charge in [0.05, 0.1) is 24.0 Å². The number of nitrogens with zero attached hydrogens (tertiary/aromatic N) is 5. The van der Waals surface area contributed by atoms with Crippen molar-refractivity contribution in [2.24, 2.45) is 5.73 Å². The van der Waals surface area contributed by atoms with Crippen molar-refractivity contribution in [2.75, 3.05) is 31.3 Å². The van der Waals surface area contributed by atoms with Crippen LogP contribution >= 0.6 is 0 Å². The lowest BCUT2D eigenvalue weighted by Crippen LogP contribution is -2.26. The van der Waals surface area contributed by atoms with E-state index in [1.807, 2.05) is 31.2 Å². The number of rotatable bonds is 6. The second-order valence-electron chi connectivity index (χ2n) is 8.60. The van der Waals surface area contributed by atoms with E-state index in [0.29, 0.717) is 11.7 Å². The molecular weight excluding hydrogens is 444 g/mol. The Balaban J connectivity index is 1.52. The van der Waals surface area contributed by atoms with E-state index in [4.69, 9.17) is 10.5 Å². The van der Waals surface area contributed by atoms with Crippen molar-refractivity contribution in [3.63, 3.8) is 0 Å². The van der Waals surface area contributed by atoms with Crippen LogP contribution in [-0.4, -0.2) is 51.7 Å². The average Bonchev–Trinajstić information content (AvgIpc) is 2.84. The van der Waals surface area contributed by atoms with Crippen LogP contribution in [0.4, 0.5) is 23.1 Å². The summed E-state index contributed by atoms with van der Waals surface area (Å²) in [5.41, 5.74) is 11.2. The summed E-state index contributed by atoms with van der Waals surface area (Å²) in [4.78, 5) is 23.3. The van der Waals surface area contributed by atoms with Crippen LogP contribution in [0.2, 0.25) is 0 Å². The second-order valence-corrected chi connectivity index (χ2v) is 8.60. The Morgan fingerprint density at radius 2 is 1.97 bits per heavy atom. The number of aryl methyl sites for hydroxylation is 1. The second kappa shape index (κ2) is 9.15. The summed E-state index contributed by atoms with van der Waals surface area (Å²) in [5.74, 6) is 0.655. The van der Waals surface area contributed by atoms with Crippen LogP contribution in [0.1, 0.15) is 27.2 Å². The number of fused-ring (bicyclic) bond motifs is 2. The molecule has 0 saturated heterocycles. The number of amides is 1. The highest BCUT2D eigenvalue weighted by Crippen LogP contribution is 2.33. The van der Waals surface area contributed by atoms with E-state index in [-0.39, 0.29) is 11.4 Å². The van der Waals surface area contributed by atoms with Gasteiger partial charge in [0.25, 0.3) is 5.91 Å². The fourth-order valence-corrected chi connectivity index (χ4v) is 4.23. The van der Waals surface area contributed by atoms with Crippen molar-refractivity contribution in [2.45, 2.75) is 19.9 Å². The SMILES string of the molecule is COc1cc2c(cc1Nc1ncc(C(N)=O)c(Nc3cccc4nnc(C)cc34)n1)CN(C)CC2. The van der Waals surface area contributed by atoms with Crippen LogP contribution in [0.15, 0.2) is 42.6 Å². The number of nitrogens with two attached hydrogens (primary N) is 1. The van der Waals surface area contributed by atoms with Crippen LogP contribution in [0, 0.1) is 6.92 Å². The first-order chi connectivity index (χ1) is 16.9. The lowest BCUT2D eigenvalue weighted by Gasteiger charge is -2.26. The van der Waals surface area contributed by atoms with Crippen molar-refractivity contribution in [1.29, 1.82) is 0 Å². The van der Waals surface area contributed by atoms with Gasteiger partial charge in [0, 0.05) is 30.4 Å². The maximum absolute atomic E-state index is 12.1. The number of likely N-dealkylation sites (N-methyl/N-ethyl adjacent to an activating group) is 1. The quantitative estimate of drug-likeness (QED) is 0.388. The average molecular weight is 471 g/mol. The molecule has 10 heteroatoms. The smallest absolute Gasteiger partial charge is 0.254 e. The zero-order valence-corrected chi connectivity index (χ0v) is 19.8. The van der Waals surface area contributed by atoms with Crippen LogP contribution in [0.25, 0.3) is 10.9 Å². The monoisotopic (exact) mass is 470 g/mol. The third-order valence-electron chi connectivity index (χ3n) is 6.03. The maximum atomic E-state index is 12.1. The predicted octanol–water partition coefficient (Wildman–Crippen LogP) is 3.31. The van der Waals surface area contributed by atoms with E-state index < -0.39 is 5.91 Å². The molecule has 10 nitrogen and oxygen atoms in total. The largest absolute Gasteiger partial charge is 0.495 e. The van der Waals surface area contributed by atoms with Crippen molar-refractivity contribution in [3.8, 4) is 5.75 Å². The topological polar surface area (TPSA) is 131 Å². The van der Waals surface area contributed by atoms with Crippen molar-refractivity contribution >= 4 is 40.0 Å². The molecule has 35 heavy (non-hydrogen) atoms. The molecular formula is C25H26N8O2. The van der Waals surface area contributed by atoms with Gasteiger partial charge in [-0.15, -0.1) is 0 Å². The minimum atomic E-state index is -0.635. The Labute approximate surface area is 202 Å².